The Hall–Kier alpha value is -1.03. The number of anilines is 2. The Balaban J connectivity index is 2.94. The minimum atomic E-state index is -0.0928. The first-order chi connectivity index (χ1) is 5.88. The Kier molecular flexibility index (Phi) is 2.61. The van der Waals surface area contributed by atoms with Gasteiger partial charge in [0, 0.05) is 5.54 Å². The van der Waals surface area contributed by atoms with Gasteiger partial charge in [-0.15, -0.1) is 0 Å². The average Bonchev–Trinajstić information content (AvgIpc) is 1.94. The molecular formula is C8H13ClN4. The fourth-order valence-corrected chi connectivity index (χ4v) is 0.962. The van der Waals surface area contributed by atoms with Crippen molar-refractivity contribution in [2.24, 2.45) is 0 Å². The summed E-state index contributed by atoms with van der Waals surface area (Å²) in [5.74, 6) is 0.790. The maximum absolute atomic E-state index is 5.86. The summed E-state index contributed by atoms with van der Waals surface area (Å²) in [6.45, 7) is 6.05. The van der Waals surface area contributed by atoms with Crippen LogP contribution in [0.2, 0.25) is 5.02 Å². The number of halogens is 1. The standard InChI is InChI=1S/C8H13ClN4/c1-8(2,3)13-6-5(9)4-11-7(10)12-6/h4H,1-3H3,(H3,10,11,12,13). The molecule has 4 nitrogen and oxygen atoms in total. The van der Waals surface area contributed by atoms with Gasteiger partial charge in [-0.3, -0.25) is 0 Å². The van der Waals surface area contributed by atoms with E-state index in [1.165, 1.54) is 6.20 Å². The van der Waals surface area contributed by atoms with E-state index in [4.69, 9.17) is 17.3 Å². The lowest BCUT2D eigenvalue weighted by molar-refractivity contribution is 0.630. The molecule has 3 N–H and O–H groups in total. The summed E-state index contributed by atoms with van der Waals surface area (Å²) in [5.41, 5.74) is 5.33. The maximum Gasteiger partial charge on any atom is 0.222 e. The Bertz CT molecular complexity index is 306. The molecule has 0 atom stereocenters. The molecule has 1 heterocycles. The van der Waals surface area contributed by atoms with Crippen LogP contribution >= 0.6 is 11.6 Å². The molecule has 0 bridgehead atoms. The first-order valence-corrected chi connectivity index (χ1v) is 4.32. The van der Waals surface area contributed by atoms with E-state index in [9.17, 15) is 0 Å². The fourth-order valence-electron chi connectivity index (χ4n) is 0.824. The molecule has 0 unspecified atom stereocenters. The van der Waals surface area contributed by atoms with Crippen molar-refractivity contribution in [2.45, 2.75) is 26.3 Å². The Labute approximate surface area is 82.5 Å². The molecule has 0 spiro atoms. The molecule has 5 heteroatoms. The number of nitrogens with one attached hydrogen (secondary N) is 1. The van der Waals surface area contributed by atoms with Gasteiger partial charge in [-0.25, -0.2) is 4.98 Å². The van der Waals surface area contributed by atoms with Crippen LogP contribution in [0.1, 0.15) is 20.8 Å². The molecule has 1 aromatic heterocycles. The Morgan fingerprint density at radius 1 is 1.46 bits per heavy atom. The normalized spacial score (nSPS) is 11.4. The zero-order valence-electron chi connectivity index (χ0n) is 7.93. The van der Waals surface area contributed by atoms with Crippen molar-refractivity contribution in [3.05, 3.63) is 11.2 Å². The zero-order valence-corrected chi connectivity index (χ0v) is 8.68. The number of nitrogens with zero attached hydrogens (tertiary/aromatic N) is 2. The number of hydrogen-bond acceptors (Lipinski definition) is 4. The van der Waals surface area contributed by atoms with Gasteiger partial charge in [-0.1, -0.05) is 11.6 Å². The number of rotatable bonds is 1. The minimum Gasteiger partial charge on any atom is -0.368 e. The van der Waals surface area contributed by atoms with Crippen molar-refractivity contribution in [3.63, 3.8) is 0 Å². The second kappa shape index (κ2) is 3.38. The third kappa shape index (κ3) is 3.06. The Morgan fingerprint density at radius 3 is 2.62 bits per heavy atom. The van der Waals surface area contributed by atoms with E-state index in [0.29, 0.717) is 10.8 Å². The topological polar surface area (TPSA) is 63.8 Å². The van der Waals surface area contributed by atoms with Gasteiger partial charge in [-0.05, 0) is 20.8 Å². The van der Waals surface area contributed by atoms with Crippen LogP contribution in [0.25, 0.3) is 0 Å². The highest BCUT2D eigenvalue weighted by Crippen LogP contribution is 2.21. The second-order valence-corrected chi connectivity index (χ2v) is 4.21. The number of nitrogen functional groups attached to an aromatic ring is 1. The van der Waals surface area contributed by atoms with Gasteiger partial charge in [0.1, 0.15) is 5.02 Å². The molecule has 0 amide bonds. The molecule has 1 rings (SSSR count). The van der Waals surface area contributed by atoms with E-state index < -0.39 is 0 Å². The molecule has 1 aromatic rings. The molecule has 0 fully saturated rings. The lowest BCUT2D eigenvalue weighted by Crippen LogP contribution is -2.27. The molecule has 0 radical (unpaired) electrons. The third-order valence-electron chi connectivity index (χ3n) is 1.26. The third-order valence-corrected chi connectivity index (χ3v) is 1.53. The van der Waals surface area contributed by atoms with Crippen LogP contribution in [0, 0.1) is 0 Å². The van der Waals surface area contributed by atoms with Crippen molar-refractivity contribution in [1.82, 2.24) is 9.97 Å². The van der Waals surface area contributed by atoms with E-state index >= 15 is 0 Å². The fraction of sp³-hybridized carbons (Fsp3) is 0.500. The number of hydrogen-bond donors (Lipinski definition) is 2. The predicted molar refractivity (Wildman–Crippen MR) is 54.8 cm³/mol. The maximum atomic E-state index is 5.86. The van der Waals surface area contributed by atoms with Crippen molar-refractivity contribution < 1.29 is 0 Å². The summed E-state index contributed by atoms with van der Waals surface area (Å²) in [6, 6.07) is 0. The molecule has 72 valence electrons. The van der Waals surface area contributed by atoms with Crippen molar-refractivity contribution in [1.29, 1.82) is 0 Å². The smallest absolute Gasteiger partial charge is 0.222 e. The molecule has 13 heavy (non-hydrogen) atoms. The first-order valence-electron chi connectivity index (χ1n) is 3.95. The summed E-state index contributed by atoms with van der Waals surface area (Å²) < 4.78 is 0. The van der Waals surface area contributed by atoms with Crippen LogP contribution in [-0.4, -0.2) is 15.5 Å². The first kappa shape index (κ1) is 10.1. The van der Waals surface area contributed by atoms with Crippen LogP contribution in [0.3, 0.4) is 0 Å². The van der Waals surface area contributed by atoms with Crippen LogP contribution in [0.4, 0.5) is 11.8 Å². The van der Waals surface area contributed by atoms with Gasteiger partial charge >= 0.3 is 0 Å². The molecule has 0 aliphatic heterocycles. The van der Waals surface area contributed by atoms with Crippen molar-refractivity contribution >= 4 is 23.4 Å². The second-order valence-electron chi connectivity index (χ2n) is 3.80. The predicted octanol–water partition coefficient (Wildman–Crippen LogP) is 1.92. The highest BCUT2D eigenvalue weighted by atomic mass is 35.5. The lowest BCUT2D eigenvalue weighted by Gasteiger charge is -2.21. The van der Waals surface area contributed by atoms with Gasteiger partial charge in [0.2, 0.25) is 5.95 Å². The van der Waals surface area contributed by atoms with Crippen LogP contribution in [0.15, 0.2) is 6.20 Å². The minimum absolute atomic E-state index is 0.0928. The van der Waals surface area contributed by atoms with E-state index in [0.717, 1.165) is 0 Å². The van der Waals surface area contributed by atoms with Gasteiger partial charge in [0.25, 0.3) is 0 Å². The summed E-state index contributed by atoms with van der Waals surface area (Å²) in [5, 5.41) is 3.60. The zero-order chi connectivity index (χ0) is 10.1. The monoisotopic (exact) mass is 200 g/mol. The van der Waals surface area contributed by atoms with E-state index in [-0.39, 0.29) is 11.5 Å². The highest BCUT2D eigenvalue weighted by Gasteiger charge is 2.13. The largest absolute Gasteiger partial charge is 0.368 e. The summed E-state index contributed by atoms with van der Waals surface area (Å²) in [6.07, 6.45) is 1.48. The van der Waals surface area contributed by atoms with E-state index in [1.807, 2.05) is 20.8 Å². The van der Waals surface area contributed by atoms with Gasteiger partial charge in [0.05, 0.1) is 6.20 Å². The van der Waals surface area contributed by atoms with Gasteiger partial charge in [0.15, 0.2) is 5.82 Å². The lowest BCUT2D eigenvalue weighted by atomic mass is 10.1. The van der Waals surface area contributed by atoms with Gasteiger partial charge in [-0.2, -0.15) is 4.98 Å². The van der Waals surface area contributed by atoms with E-state index in [1.54, 1.807) is 0 Å². The summed E-state index contributed by atoms with van der Waals surface area (Å²) >= 11 is 5.86. The van der Waals surface area contributed by atoms with Crippen molar-refractivity contribution in [2.75, 3.05) is 11.1 Å². The highest BCUT2D eigenvalue weighted by molar-refractivity contribution is 6.32. The molecule has 0 aliphatic rings. The molecule has 0 saturated heterocycles. The molecule has 0 aromatic carbocycles. The quantitative estimate of drug-likeness (QED) is 0.727. The number of aromatic nitrogens is 2. The van der Waals surface area contributed by atoms with Crippen LogP contribution in [0.5, 0.6) is 0 Å². The van der Waals surface area contributed by atoms with Crippen LogP contribution in [-0.2, 0) is 0 Å². The average molecular weight is 201 g/mol. The molecule has 0 aliphatic carbocycles. The molecule has 0 saturated carbocycles. The number of nitrogens with two attached hydrogens (primary N) is 1. The van der Waals surface area contributed by atoms with E-state index in [2.05, 4.69) is 15.3 Å². The van der Waals surface area contributed by atoms with Gasteiger partial charge < -0.3 is 11.1 Å². The summed E-state index contributed by atoms with van der Waals surface area (Å²) in [4.78, 5) is 7.75. The SMILES string of the molecule is CC(C)(C)Nc1nc(N)ncc1Cl. The van der Waals surface area contributed by atoms with Crippen LogP contribution < -0.4 is 11.1 Å². The van der Waals surface area contributed by atoms with Crippen molar-refractivity contribution in [3.8, 4) is 0 Å². The molecular weight excluding hydrogens is 188 g/mol. The Morgan fingerprint density at radius 2 is 2.08 bits per heavy atom. The summed E-state index contributed by atoms with van der Waals surface area (Å²) in [7, 11) is 0.